The number of nitro groups is 1. The fourth-order valence-electron chi connectivity index (χ4n) is 2.76. The Kier molecular flexibility index (Phi) is 6.21. The highest BCUT2D eigenvalue weighted by atomic mass is 35.5. The molecule has 0 spiro atoms. The van der Waals surface area contributed by atoms with Crippen LogP contribution >= 0.6 is 11.6 Å². The van der Waals surface area contributed by atoms with Crippen molar-refractivity contribution in [1.29, 1.82) is 5.26 Å². The fourth-order valence-corrected chi connectivity index (χ4v) is 2.94. The van der Waals surface area contributed by atoms with Crippen molar-refractivity contribution in [3.8, 4) is 6.07 Å². The normalized spacial score (nSPS) is 14.3. The average Bonchev–Trinajstić information content (AvgIpc) is 2.74. The maximum absolute atomic E-state index is 12.4. The Balaban J connectivity index is 1.64. The number of benzene rings is 1. The molecule has 1 saturated heterocycles. The number of amides is 1. The van der Waals surface area contributed by atoms with Crippen molar-refractivity contribution >= 4 is 34.8 Å². The first-order chi connectivity index (χ1) is 14.0. The molecule has 3 rings (SSSR count). The van der Waals surface area contributed by atoms with Crippen molar-refractivity contribution in [1.82, 2.24) is 14.9 Å². The molecule has 0 radical (unpaired) electrons. The van der Waals surface area contributed by atoms with Gasteiger partial charge >= 0.3 is 0 Å². The van der Waals surface area contributed by atoms with Crippen LogP contribution in [0.25, 0.3) is 0 Å². The van der Waals surface area contributed by atoms with Crippen LogP contribution in [0, 0.1) is 21.4 Å². The molecule has 0 atom stereocenters. The number of piperazine rings is 1. The van der Waals surface area contributed by atoms with E-state index in [0.717, 1.165) is 6.07 Å². The Bertz CT molecular complexity index is 983. The zero-order valence-electron chi connectivity index (χ0n) is 15.2. The maximum Gasteiger partial charge on any atom is 0.289 e. The van der Waals surface area contributed by atoms with Gasteiger partial charge in [-0.05, 0) is 18.2 Å². The highest BCUT2D eigenvalue weighted by molar-refractivity contribution is 6.32. The zero-order valence-corrected chi connectivity index (χ0v) is 15.9. The first kappa shape index (κ1) is 20.0. The quantitative estimate of drug-likeness (QED) is 0.342. The molecule has 1 N–H and O–H groups in total. The molecule has 0 aliphatic carbocycles. The van der Waals surface area contributed by atoms with E-state index < -0.39 is 10.8 Å². The van der Waals surface area contributed by atoms with Gasteiger partial charge in [0.2, 0.25) is 5.95 Å². The lowest BCUT2D eigenvalue weighted by molar-refractivity contribution is -0.384. The van der Waals surface area contributed by atoms with Gasteiger partial charge in [-0.3, -0.25) is 14.9 Å². The first-order valence-electron chi connectivity index (χ1n) is 8.61. The van der Waals surface area contributed by atoms with Crippen LogP contribution in [-0.2, 0) is 4.79 Å². The summed E-state index contributed by atoms with van der Waals surface area (Å²) in [5.74, 6) is -0.0170. The molecule has 11 heteroatoms. The summed E-state index contributed by atoms with van der Waals surface area (Å²) in [4.78, 5) is 35.0. The lowest BCUT2D eigenvalue weighted by atomic mass is 10.2. The van der Waals surface area contributed by atoms with Crippen molar-refractivity contribution in [2.45, 2.75) is 0 Å². The number of nitrogens with one attached hydrogen (secondary N) is 1. The second kappa shape index (κ2) is 8.99. The van der Waals surface area contributed by atoms with E-state index >= 15 is 0 Å². The largest absolute Gasteiger partial charge is 0.373 e. The van der Waals surface area contributed by atoms with Crippen molar-refractivity contribution in [3.05, 3.63) is 63.6 Å². The van der Waals surface area contributed by atoms with Gasteiger partial charge in [-0.1, -0.05) is 11.6 Å². The van der Waals surface area contributed by atoms with E-state index in [9.17, 15) is 20.2 Å². The molecule has 148 valence electrons. The topological polar surface area (TPSA) is 128 Å². The number of anilines is 2. The summed E-state index contributed by atoms with van der Waals surface area (Å²) < 4.78 is 0. The van der Waals surface area contributed by atoms with Crippen LogP contribution in [0.2, 0.25) is 5.02 Å². The SMILES string of the molecule is N#C/C(=C/N1CCN(c2ncccn2)CC1)C(=O)Nc1ccc(Cl)c([N+](=O)[O-])c1. The minimum Gasteiger partial charge on any atom is -0.373 e. The monoisotopic (exact) mass is 413 g/mol. The predicted octanol–water partition coefficient (Wildman–Crippen LogP) is 2.21. The molecule has 1 aromatic carbocycles. The number of hydrogen-bond acceptors (Lipinski definition) is 8. The number of hydrogen-bond donors (Lipinski definition) is 1. The number of nitriles is 1. The van der Waals surface area contributed by atoms with E-state index in [1.807, 2.05) is 15.9 Å². The molecule has 2 aromatic rings. The molecule has 1 aliphatic heterocycles. The van der Waals surface area contributed by atoms with Gasteiger partial charge in [0.15, 0.2) is 0 Å². The van der Waals surface area contributed by atoms with Crippen molar-refractivity contribution in [2.24, 2.45) is 0 Å². The molecule has 10 nitrogen and oxygen atoms in total. The Morgan fingerprint density at radius 2 is 1.97 bits per heavy atom. The molecule has 0 saturated carbocycles. The van der Waals surface area contributed by atoms with Gasteiger partial charge in [0.05, 0.1) is 4.92 Å². The number of nitrogens with zero attached hydrogens (tertiary/aromatic N) is 6. The third-order valence-corrected chi connectivity index (χ3v) is 4.55. The zero-order chi connectivity index (χ0) is 20.8. The average molecular weight is 414 g/mol. The number of aromatic nitrogens is 2. The maximum atomic E-state index is 12.4. The van der Waals surface area contributed by atoms with Crippen LogP contribution < -0.4 is 10.2 Å². The molecule has 0 unspecified atom stereocenters. The summed E-state index contributed by atoms with van der Waals surface area (Å²) in [7, 11) is 0. The van der Waals surface area contributed by atoms with Crippen LogP contribution in [0.4, 0.5) is 17.3 Å². The summed E-state index contributed by atoms with van der Waals surface area (Å²) >= 11 is 5.76. The highest BCUT2D eigenvalue weighted by Gasteiger charge is 2.20. The van der Waals surface area contributed by atoms with Crippen LogP contribution in [0.3, 0.4) is 0 Å². The van der Waals surface area contributed by atoms with Gasteiger partial charge in [0.25, 0.3) is 11.6 Å². The van der Waals surface area contributed by atoms with Gasteiger partial charge in [0, 0.05) is 56.5 Å². The standard InChI is InChI=1S/C18H16ClN7O3/c19-15-3-2-14(10-16(15)26(28)29)23-17(27)13(11-20)12-24-6-8-25(9-7-24)18-21-4-1-5-22-18/h1-5,10,12H,6-9H2,(H,23,27)/b13-12-. The molecule has 1 fully saturated rings. The van der Waals surface area contributed by atoms with Gasteiger partial charge < -0.3 is 15.1 Å². The van der Waals surface area contributed by atoms with Gasteiger partial charge in [-0.15, -0.1) is 0 Å². The van der Waals surface area contributed by atoms with Crippen molar-refractivity contribution in [2.75, 3.05) is 36.4 Å². The minimum atomic E-state index is -0.655. The van der Waals surface area contributed by atoms with Gasteiger partial charge in [-0.25, -0.2) is 9.97 Å². The first-order valence-corrected chi connectivity index (χ1v) is 8.99. The van der Waals surface area contributed by atoms with Crippen LogP contribution in [0.5, 0.6) is 0 Å². The lowest BCUT2D eigenvalue weighted by Crippen LogP contribution is -2.45. The highest BCUT2D eigenvalue weighted by Crippen LogP contribution is 2.27. The van der Waals surface area contributed by atoms with E-state index in [0.29, 0.717) is 32.1 Å². The summed E-state index contributed by atoms with van der Waals surface area (Å²) in [5.41, 5.74) is -0.253. The van der Waals surface area contributed by atoms with Crippen LogP contribution in [0.15, 0.2) is 48.4 Å². The number of halogens is 1. The Morgan fingerprint density at radius 1 is 1.28 bits per heavy atom. The molecule has 1 aliphatic rings. The second-order valence-electron chi connectivity index (χ2n) is 6.10. The van der Waals surface area contributed by atoms with Crippen LogP contribution in [0.1, 0.15) is 0 Å². The van der Waals surface area contributed by atoms with Gasteiger partial charge in [-0.2, -0.15) is 5.26 Å². The Labute approximate surface area is 171 Å². The molecule has 1 amide bonds. The number of carbonyl (C=O) groups excluding carboxylic acids is 1. The predicted molar refractivity (Wildman–Crippen MR) is 106 cm³/mol. The van der Waals surface area contributed by atoms with E-state index in [-0.39, 0.29) is 22.0 Å². The van der Waals surface area contributed by atoms with Crippen molar-refractivity contribution < 1.29 is 9.72 Å². The van der Waals surface area contributed by atoms with Crippen molar-refractivity contribution in [3.63, 3.8) is 0 Å². The molecular weight excluding hydrogens is 398 g/mol. The molecular formula is C18H16ClN7O3. The number of rotatable bonds is 5. The van der Waals surface area contributed by atoms with E-state index in [1.165, 1.54) is 18.3 Å². The van der Waals surface area contributed by atoms with Gasteiger partial charge in [0.1, 0.15) is 16.7 Å². The molecule has 29 heavy (non-hydrogen) atoms. The lowest BCUT2D eigenvalue weighted by Gasteiger charge is -2.34. The number of nitro benzene ring substituents is 1. The second-order valence-corrected chi connectivity index (χ2v) is 6.51. The summed E-state index contributed by atoms with van der Waals surface area (Å²) in [5, 5.41) is 22.8. The third kappa shape index (κ3) is 4.97. The Hall–Kier alpha value is -3.71. The molecule has 1 aromatic heterocycles. The molecule has 2 heterocycles. The van der Waals surface area contributed by atoms with Crippen LogP contribution in [-0.4, -0.2) is 51.9 Å². The number of carbonyl (C=O) groups is 1. The minimum absolute atomic E-state index is 0.0377. The summed E-state index contributed by atoms with van der Waals surface area (Å²) in [6.45, 7) is 2.46. The van der Waals surface area contributed by atoms with E-state index in [4.69, 9.17) is 11.6 Å². The summed E-state index contributed by atoms with van der Waals surface area (Å²) in [6.07, 6.45) is 4.84. The molecule has 0 bridgehead atoms. The van der Waals surface area contributed by atoms with E-state index in [2.05, 4.69) is 15.3 Å². The van der Waals surface area contributed by atoms with E-state index in [1.54, 1.807) is 18.5 Å². The summed E-state index contributed by atoms with van der Waals surface area (Å²) in [6, 6.07) is 7.51. The third-order valence-electron chi connectivity index (χ3n) is 4.23. The smallest absolute Gasteiger partial charge is 0.289 e. The Morgan fingerprint density at radius 3 is 2.59 bits per heavy atom. The fraction of sp³-hybridized carbons (Fsp3) is 0.222.